The molecule has 82 heavy (non-hydrogen) atoms. The number of fused-ring (bicyclic) bond motifs is 1. The molecule has 2 aliphatic rings. The van der Waals surface area contributed by atoms with Crippen LogP contribution in [0.4, 0.5) is 14.5 Å². The van der Waals surface area contributed by atoms with E-state index in [1.165, 1.54) is 17.2 Å². The van der Waals surface area contributed by atoms with Crippen LogP contribution in [0.1, 0.15) is 68.6 Å². The summed E-state index contributed by atoms with van der Waals surface area (Å²) in [7, 11) is 1.86. The Bertz CT molecular complexity index is 2750. The van der Waals surface area contributed by atoms with Gasteiger partial charge in [0, 0.05) is 101 Å². The summed E-state index contributed by atoms with van der Waals surface area (Å²) < 4.78 is 27.8. The second-order valence-corrected chi connectivity index (χ2v) is 20.1. The van der Waals surface area contributed by atoms with Gasteiger partial charge in [-0.15, -0.1) is 0 Å². The zero-order chi connectivity index (χ0) is 60.8. The minimum Gasteiger partial charge on any atom is -0.481 e. The standard InChI is InChI=1S/C50H67F2N13O15S2/c1-28(66)57-35(7-10-42(71)72)46(77)60-38(26-82)49(80)59-36(8-11-43(73)74)47(78)61-37(25-81)48(79)58-34(6-9-41(69)70)45(76)56-23-39(67)64-18-16-63(17-19-64)15-3-14-62(2)29-4-5-33-32(20-29)31(12-13-54-33)44(75)55-24-40(68)65-27-50(51,52)21-30(65)22-53/h4-5,12-13,20,30,34-38,81-82H,3,6-11,14-19,21,23-27H2,1-2H3,(H,55,75)(H,56,76)(H,57,66)(H,58,79)(H,59,80)(H,60,77)(H,61,78)(H,69,70)(H,71,72)(H,73,74)/t30-,34-,35-,36-,37-,38-/m0/s1. The van der Waals surface area contributed by atoms with E-state index in [1.807, 2.05) is 18.0 Å². The number of benzene rings is 1. The van der Waals surface area contributed by atoms with Crippen molar-refractivity contribution in [2.45, 2.75) is 100 Å². The van der Waals surface area contributed by atoms with Gasteiger partial charge in [-0.3, -0.25) is 67.4 Å². The van der Waals surface area contributed by atoms with Crippen LogP contribution >= 0.6 is 25.3 Å². The molecule has 3 heterocycles. The van der Waals surface area contributed by atoms with Gasteiger partial charge in [-0.2, -0.15) is 30.5 Å². The number of thiol groups is 2. The number of nitriles is 1. The number of pyridine rings is 1. The Morgan fingerprint density at radius 2 is 1.22 bits per heavy atom. The fourth-order valence-electron chi connectivity index (χ4n) is 8.73. The number of hydrogen-bond acceptors (Lipinski definition) is 18. The molecule has 2 aliphatic heterocycles. The molecule has 9 amide bonds. The van der Waals surface area contributed by atoms with Crippen molar-refractivity contribution in [2.24, 2.45) is 0 Å². The van der Waals surface area contributed by atoms with Gasteiger partial charge in [-0.25, -0.2) is 8.78 Å². The van der Waals surface area contributed by atoms with E-state index < -0.39 is 177 Å². The van der Waals surface area contributed by atoms with Gasteiger partial charge in [0.15, 0.2) is 0 Å². The zero-order valence-electron chi connectivity index (χ0n) is 44.9. The van der Waals surface area contributed by atoms with Crippen molar-refractivity contribution in [1.29, 1.82) is 5.26 Å². The van der Waals surface area contributed by atoms with Gasteiger partial charge < -0.3 is 67.2 Å². The SMILES string of the molecule is CC(=O)N[C@@H](CCC(=O)O)C(=O)N[C@@H](CS)C(=O)N[C@@H](CCC(=O)O)C(=O)N[C@@H](CS)C(=O)N[C@@H](CCC(=O)O)C(=O)NCC(=O)N1CCN(CCCN(C)c2ccc3nccc(C(=O)NCC(=O)N4CC(F)(F)C[C@H]4C#N)c3c2)CC1. The average Bonchev–Trinajstić information content (AvgIpc) is 3.98. The van der Waals surface area contributed by atoms with Crippen molar-refractivity contribution in [2.75, 3.05) is 82.4 Å². The Labute approximate surface area is 480 Å². The number of alkyl halides is 2. The molecule has 0 spiro atoms. The minimum atomic E-state index is -3.20. The first kappa shape index (κ1) is 66.6. The number of carbonyl (C=O) groups excluding carboxylic acids is 9. The first-order chi connectivity index (χ1) is 38.7. The number of nitrogens with one attached hydrogen (secondary N) is 7. The first-order valence-corrected chi connectivity index (χ1v) is 27.1. The highest BCUT2D eigenvalue weighted by molar-refractivity contribution is 7.80. The molecule has 1 aromatic carbocycles. The van der Waals surface area contributed by atoms with E-state index in [0.717, 1.165) is 17.5 Å². The number of halogens is 2. The molecule has 2 saturated heterocycles. The van der Waals surface area contributed by atoms with Gasteiger partial charge in [-0.1, -0.05) is 0 Å². The Morgan fingerprint density at radius 3 is 1.73 bits per heavy atom. The summed E-state index contributed by atoms with van der Waals surface area (Å²) in [4.78, 5) is 163. The molecule has 0 saturated carbocycles. The monoisotopic (exact) mass is 1190 g/mol. The fourth-order valence-corrected chi connectivity index (χ4v) is 9.24. The highest BCUT2D eigenvalue weighted by atomic mass is 32.1. The Balaban J connectivity index is 1.27. The number of hydrogen-bond donors (Lipinski definition) is 12. The topological polar surface area (TPSA) is 399 Å². The smallest absolute Gasteiger partial charge is 0.303 e. The molecular weight excluding hydrogens is 1120 g/mol. The van der Waals surface area contributed by atoms with E-state index in [9.17, 15) is 81.8 Å². The van der Waals surface area contributed by atoms with E-state index in [1.54, 1.807) is 18.2 Å². The van der Waals surface area contributed by atoms with Crippen LogP contribution in [0.15, 0.2) is 30.5 Å². The van der Waals surface area contributed by atoms with E-state index in [2.05, 4.69) is 72.4 Å². The quantitative estimate of drug-likeness (QED) is 0.0354. The van der Waals surface area contributed by atoms with Crippen LogP contribution in [0.25, 0.3) is 10.9 Å². The summed E-state index contributed by atoms with van der Waals surface area (Å²) in [5, 5.41) is 54.0. The summed E-state index contributed by atoms with van der Waals surface area (Å²) in [6.45, 7) is 1.86. The summed E-state index contributed by atoms with van der Waals surface area (Å²) >= 11 is 8.18. The summed E-state index contributed by atoms with van der Waals surface area (Å²) in [5.41, 5.74) is 1.45. The predicted molar refractivity (Wildman–Crippen MR) is 292 cm³/mol. The first-order valence-electron chi connectivity index (χ1n) is 25.8. The third-order valence-corrected chi connectivity index (χ3v) is 13.9. The number of aliphatic carboxylic acids is 3. The molecule has 10 N–H and O–H groups in total. The number of nitrogens with zero attached hydrogens (tertiary/aromatic N) is 6. The van der Waals surface area contributed by atoms with Crippen LogP contribution in [-0.4, -0.2) is 226 Å². The zero-order valence-corrected chi connectivity index (χ0v) is 46.6. The van der Waals surface area contributed by atoms with E-state index in [-0.39, 0.29) is 17.7 Å². The number of carboxylic acid groups (broad SMARTS) is 3. The van der Waals surface area contributed by atoms with E-state index in [0.29, 0.717) is 56.6 Å². The van der Waals surface area contributed by atoms with Gasteiger partial charge in [0.25, 0.3) is 11.8 Å². The van der Waals surface area contributed by atoms with Crippen LogP contribution in [0.5, 0.6) is 0 Å². The van der Waals surface area contributed by atoms with Crippen molar-refractivity contribution in [3.05, 3.63) is 36.0 Å². The number of carbonyl (C=O) groups is 12. The van der Waals surface area contributed by atoms with Gasteiger partial charge in [0.1, 0.15) is 36.3 Å². The number of rotatable bonds is 31. The molecule has 0 radical (unpaired) electrons. The van der Waals surface area contributed by atoms with Crippen LogP contribution in [0, 0.1) is 11.3 Å². The number of carboxylic acids is 3. The minimum absolute atomic E-state index is 0.201. The molecule has 2 fully saturated rings. The third-order valence-electron chi connectivity index (χ3n) is 13.2. The molecule has 0 aliphatic carbocycles. The largest absolute Gasteiger partial charge is 0.481 e. The maximum absolute atomic E-state index is 13.9. The highest BCUT2D eigenvalue weighted by Crippen LogP contribution is 2.32. The number of anilines is 1. The molecule has 28 nitrogen and oxygen atoms in total. The second kappa shape index (κ2) is 31.9. The fraction of sp³-hybridized carbons (Fsp3) is 0.560. The van der Waals surface area contributed by atoms with Crippen molar-refractivity contribution in [3.8, 4) is 6.07 Å². The molecule has 32 heteroatoms. The van der Waals surface area contributed by atoms with Crippen LogP contribution in [-0.2, 0) is 52.7 Å². The van der Waals surface area contributed by atoms with Crippen molar-refractivity contribution >= 4 is 113 Å². The number of amides is 9. The lowest BCUT2D eigenvalue weighted by Crippen LogP contribution is -2.60. The third kappa shape index (κ3) is 20.9. The normalized spacial score (nSPS) is 16.6. The number of likely N-dealkylation sites (tertiary alicyclic amines) is 1. The maximum Gasteiger partial charge on any atom is 0.303 e. The molecule has 6 atom stereocenters. The van der Waals surface area contributed by atoms with Gasteiger partial charge in [0.05, 0.1) is 36.8 Å². The molecule has 1 aromatic heterocycles. The predicted octanol–water partition coefficient (Wildman–Crippen LogP) is -2.29. The molecule has 448 valence electrons. The van der Waals surface area contributed by atoms with Gasteiger partial charge >= 0.3 is 17.9 Å². The Morgan fingerprint density at radius 1 is 0.720 bits per heavy atom. The molecular formula is C50H67F2N13O15S2. The summed E-state index contributed by atoms with van der Waals surface area (Å²) in [5.74, 6) is -15.6. The lowest BCUT2D eigenvalue weighted by Gasteiger charge is -2.35. The van der Waals surface area contributed by atoms with Crippen molar-refractivity contribution in [3.63, 3.8) is 0 Å². The van der Waals surface area contributed by atoms with Crippen LogP contribution < -0.4 is 42.1 Å². The second-order valence-electron chi connectivity index (χ2n) is 19.3. The summed E-state index contributed by atoms with van der Waals surface area (Å²) in [6.07, 6.45) is -1.78. The maximum atomic E-state index is 13.9. The van der Waals surface area contributed by atoms with Gasteiger partial charge in [-0.05, 0) is 56.5 Å². The molecule has 4 rings (SSSR count). The summed E-state index contributed by atoms with van der Waals surface area (Å²) in [6, 6.07) is -0.422. The van der Waals surface area contributed by atoms with Crippen LogP contribution in [0.3, 0.4) is 0 Å². The van der Waals surface area contributed by atoms with Crippen LogP contribution in [0.2, 0.25) is 0 Å². The van der Waals surface area contributed by atoms with Crippen molar-refractivity contribution in [1.82, 2.24) is 56.9 Å². The Hall–Kier alpha value is -7.92. The van der Waals surface area contributed by atoms with Crippen molar-refractivity contribution < 1.29 is 81.6 Å². The highest BCUT2D eigenvalue weighted by Gasteiger charge is 2.47. The van der Waals surface area contributed by atoms with E-state index in [4.69, 9.17) is 5.11 Å². The average molecular weight is 1190 g/mol. The van der Waals surface area contributed by atoms with Gasteiger partial charge in [0.2, 0.25) is 47.3 Å². The lowest BCUT2D eigenvalue weighted by molar-refractivity contribution is -0.139. The Kier molecular flexibility index (Phi) is 25.9. The molecule has 0 unspecified atom stereocenters. The molecule has 2 aromatic rings. The van der Waals surface area contributed by atoms with E-state index >= 15 is 0 Å². The number of piperazine rings is 1. The lowest BCUT2D eigenvalue weighted by atomic mass is 10.1. The number of aromatic nitrogens is 1. The molecule has 0 bridgehead atoms.